The zero-order chi connectivity index (χ0) is 21.4. The lowest BCUT2D eigenvalue weighted by Crippen LogP contribution is -2.41. The molecule has 0 spiro atoms. The Bertz CT molecular complexity index is 1130. The van der Waals surface area contributed by atoms with Gasteiger partial charge in [0.15, 0.2) is 0 Å². The second-order valence-corrected chi connectivity index (χ2v) is 8.16. The first-order chi connectivity index (χ1) is 15.1. The Morgan fingerprint density at radius 1 is 1.06 bits per heavy atom. The Hall–Kier alpha value is -3.26. The second-order valence-electron chi connectivity index (χ2n) is 8.16. The number of H-pyrrole nitrogens is 1. The monoisotopic (exact) mass is 422 g/mol. The zero-order valence-electron chi connectivity index (χ0n) is 17.5. The minimum absolute atomic E-state index is 0.0421. The van der Waals surface area contributed by atoms with E-state index in [-0.39, 0.29) is 23.9 Å². The number of aromatic nitrogens is 2. The molecule has 1 atom stereocenters. The van der Waals surface area contributed by atoms with Crippen LogP contribution in [0.5, 0.6) is 5.75 Å². The SMILES string of the molecule is COc1ccc(N2CC(CN3CCC(n4c(=O)[nH]c5ccccc54)CC3)OC2=O)cc1. The minimum Gasteiger partial charge on any atom is -0.497 e. The molecule has 2 aromatic carbocycles. The van der Waals surface area contributed by atoms with Crippen molar-refractivity contribution in [2.45, 2.75) is 25.0 Å². The van der Waals surface area contributed by atoms with Gasteiger partial charge in [-0.15, -0.1) is 0 Å². The van der Waals surface area contributed by atoms with E-state index in [2.05, 4.69) is 9.88 Å². The largest absolute Gasteiger partial charge is 0.497 e. The van der Waals surface area contributed by atoms with Crippen LogP contribution >= 0.6 is 0 Å². The molecule has 31 heavy (non-hydrogen) atoms. The van der Waals surface area contributed by atoms with Crippen molar-refractivity contribution in [3.8, 4) is 5.75 Å². The van der Waals surface area contributed by atoms with Gasteiger partial charge in [-0.1, -0.05) is 12.1 Å². The fourth-order valence-electron chi connectivity index (χ4n) is 4.67. The summed E-state index contributed by atoms with van der Waals surface area (Å²) >= 11 is 0. The van der Waals surface area contributed by atoms with Crippen LogP contribution in [0.2, 0.25) is 0 Å². The van der Waals surface area contributed by atoms with Crippen LogP contribution in [-0.2, 0) is 4.74 Å². The molecule has 2 saturated heterocycles. The van der Waals surface area contributed by atoms with Crippen molar-refractivity contribution < 1.29 is 14.3 Å². The lowest BCUT2D eigenvalue weighted by atomic mass is 10.0. The molecule has 3 aromatic rings. The predicted molar refractivity (Wildman–Crippen MR) is 118 cm³/mol. The summed E-state index contributed by atoms with van der Waals surface area (Å²) in [5, 5.41) is 0. The first-order valence-corrected chi connectivity index (χ1v) is 10.7. The summed E-state index contributed by atoms with van der Waals surface area (Å²) in [7, 11) is 1.62. The van der Waals surface area contributed by atoms with Crippen LogP contribution < -0.4 is 15.3 Å². The first-order valence-electron chi connectivity index (χ1n) is 10.7. The molecule has 0 saturated carbocycles. The van der Waals surface area contributed by atoms with Crippen molar-refractivity contribution >= 4 is 22.8 Å². The van der Waals surface area contributed by atoms with Crippen molar-refractivity contribution in [3.05, 3.63) is 59.0 Å². The third-order valence-corrected chi connectivity index (χ3v) is 6.27. The first kappa shape index (κ1) is 19.7. The Morgan fingerprint density at radius 3 is 2.55 bits per heavy atom. The number of anilines is 1. The zero-order valence-corrected chi connectivity index (χ0v) is 17.5. The molecule has 1 amide bonds. The van der Waals surface area contributed by atoms with Crippen LogP contribution in [0.3, 0.4) is 0 Å². The summed E-state index contributed by atoms with van der Waals surface area (Å²) in [5.74, 6) is 0.755. The number of hydrogen-bond donors (Lipinski definition) is 1. The fraction of sp³-hybridized carbons (Fsp3) is 0.391. The Labute approximate surface area is 180 Å². The summed E-state index contributed by atoms with van der Waals surface area (Å²) in [5.41, 5.74) is 2.61. The van der Waals surface area contributed by atoms with E-state index in [0.717, 1.165) is 48.4 Å². The Kier molecular flexibility index (Phi) is 5.15. The number of imidazole rings is 1. The predicted octanol–water partition coefficient (Wildman–Crippen LogP) is 3.00. The smallest absolute Gasteiger partial charge is 0.414 e. The van der Waals surface area contributed by atoms with E-state index in [1.807, 2.05) is 53.1 Å². The van der Waals surface area contributed by atoms with E-state index >= 15 is 0 Å². The normalized spacial score (nSPS) is 20.4. The number of para-hydroxylation sites is 2. The van der Waals surface area contributed by atoms with Crippen LogP contribution in [0.4, 0.5) is 10.5 Å². The number of carbonyl (C=O) groups excluding carboxylic acids is 1. The molecule has 8 nitrogen and oxygen atoms in total. The molecule has 3 heterocycles. The van der Waals surface area contributed by atoms with Gasteiger partial charge in [0.05, 0.1) is 24.7 Å². The average Bonchev–Trinajstić information content (AvgIpc) is 3.33. The Balaban J connectivity index is 1.19. The van der Waals surface area contributed by atoms with Crippen LogP contribution in [0.25, 0.3) is 11.0 Å². The number of likely N-dealkylation sites (tertiary alicyclic amines) is 1. The average molecular weight is 422 g/mol. The molecule has 5 rings (SSSR count). The van der Waals surface area contributed by atoms with Crippen molar-refractivity contribution in [1.29, 1.82) is 0 Å². The van der Waals surface area contributed by atoms with E-state index in [4.69, 9.17) is 9.47 Å². The number of rotatable bonds is 5. The summed E-state index contributed by atoms with van der Waals surface area (Å²) in [6.45, 7) is 2.97. The van der Waals surface area contributed by atoms with Crippen LogP contribution in [-0.4, -0.2) is 59.9 Å². The van der Waals surface area contributed by atoms with E-state index in [0.29, 0.717) is 13.1 Å². The van der Waals surface area contributed by atoms with Crippen molar-refractivity contribution in [1.82, 2.24) is 14.5 Å². The molecule has 2 aliphatic heterocycles. The molecule has 2 aliphatic rings. The lowest BCUT2D eigenvalue weighted by molar-refractivity contribution is 0.0925. The van der Waals surface area contributed by atoms with Crippen molar-refractivity contribution in [2.75, 3.05) is 38.2 Å². The number of benzene rings is 2. The highest BCUT2D eigenvalue weighted by Gasteiger charge is 2.34. The minimum atomic E-state index is -0.310. The van der Waals surface area contributed by atoms with Gasteiger partial charge < -0.3 is 14.5 Å². The molecular formula is C23H26N4O4. The lowest BCUT2D eigenvalue weighted by Gasteiger charge is -2.33. The number of nitrogens with zero attached hydrogens (tertiary/aromatic N) is 3. The molecular weight excluding hydrogens is 396 g/mol. The van der Waals surface area contributed by atoms with E-state index < -0.39 is 0 Å². The molecule has 2 fully saturated rings. The van der Waals surface area contributed by atoms with E-state index in [9.17, 15) is 9.59 Å². The highest BCUT2D eigenvalue weighted by atomic mass is 16.6. The number of nitrogens with one attached hydrogen (secondary N) is 1. The highest BCUT2D eigenvalue weighted by molar-refractivity contribution is 5.89. The number of amides is 1. The molecule has 1 unspecified atom stereocenters. The molecule has 0 bridgehead atoms. The van der Waals surface area contributed by atoms with Crippen LogP contribution in [0, 0.1) is 0 Å². The number of methoxy groups -OCH3 is 1. The van der Waals surface area contributed by atoms with Crippen LogP contribution in [0.15, 0.2) is 53.3 Å². The number of fused-ring (bicyclic) bond motifs is 1. The number of ether oxygens (including phenoxy) is 2. The van der Waals surface area contributed by atoms with Gasteiger partial charge in [0.1, 0.15) is 11.9 Å². The van der Waals surface area contributed by atoms with Gasteiger partial charge in [0, 0.05) is 31.4 Å². The van der Waals surface area contributed by atoms with Crippen molar-refractivity contribution in [3.63, 3.8) is 0 Å². The van der Waals surface area contributed by atoms with Gasteiger partial charge >= 0.3 is 11.8 Å². The third-order valence-electron chi connectivity index (χ3n) is 6.27. The number of piperidine rings is 1. The summed E-state index contributed by atoms with van der Waals surface area (Å²) < 4.78 is 12.7. The molecule has 1 N–H and O–H groups in total. The summed E-state index contributed by atoms with van der Waals surface area (Å²) in [4.78, 5) is 31.8. The second kappa shape index (κ2) is 8.11. The van der Waals surface area contributed by atoms with Gasteiger partial charge in [-0.25, -0.2) is 9.59 Å². The van der Waals surface area contributed by atoms with E-state index in [1.54, 1.807) is 12.0 Å². The molecule has 0 aliphatic carbocycles. The van der Waals surface area contributed by atoms with E-state index in [1.165, 1.54) is 0 Å². The quantitative estimate of drug-likeness (QED) is 0.684. The Morgan fingerprint density at radius 2 is 1.81 bits per heavy atom. The maximum absolute atomic E-state index is 12.5. The van der Waals surface area contributed by atoms with Crippen molar-refractivity contribution in [2.24, 2.45) is 0 Å². The fourth-order valence-corrected chi connectivity index (χ4v) is 4.67. The standard InChI is InChI=1S/C23H26N4O4/c1-30-18-8-6-16(7-9-18)26-15-19(31-23(26)29)14-25-12-10-17(11-13-25)27-21-5-3-2-4-20(21)24-22(27)28/h2-9,17,19H,10-15H2,1H3,(H,24,28). The van der Waals surface area contributed by atoms with Gasteiger partial charge in [0.25, 0.3) is 0 Å². The maximum atomic E-state index is 12.5. The molecule has 8 heteroatoms. The number of aromatic amines is 1. The number of cyclic esters (lactones) is 1. The number of hydrogen-bond acceptors (Lipinski definition) is 5. The van der Waals surface area contributed by atoms with Gasteiger partial charge in [-0.2, -0.15) is 0 Å². The topological polar surface area (TPSA) is 79.8 Å². The summed E-state index contributed by atoms with van der Waals surface area (Å²) in [6.07, 6.45) is 1.31. The van der Waals surface area contributed by atoms with Gasteiger partial charge in [-0.05, 0) is 49.2 Å². The van der Waals surface area contributed by atoms with Gasteiger partial charge in [0.2, 0.25) is 0 Å². The number of carbonyl (C=O) groups is 1. The van der Waals surface area contributed by atoms with Crippen LogP contribution in [0.1, 0.15) is 18.9 Å². The maximum Gasteiger partial charge on any atom is 0.414 e. The van der Waals surface area contributed by atoms with Gasteiger partial charge in [-0.3, -0.25) is 14.4 Å². The summed E-state index contributed by atoms with van der Waals surface area (Å²) in [6, 6.07) is 15.4. The molecule has 0 radical (unpaired) electrons. The molecule has 1 aromatic heterocycles. The highest BCUT2D eigenvalue weighted by Crippen LogP contribution is 2.27. The third kappa shape index (κ3) is 3.79. The molecule has 162 valence electrons.